The fraction of sp³-hybridized carbons (Fsp3) is 0.400. The second kappa shape index (κ2) is 6.41. The predicted octanol–water partition coefficient (Wildman–Crippen LogP) is 2.25. The first-order valence-corrected chi connectivity index (χ1v) is 8.43. The minimum atomic E-state index is -3.43. The third-order valence-electron chi connectivity index (χ3n) is 3.35. The van der Waals surface area contributed by atoms with Crippen molar-refractivity contribution in [2.24, 2.45) is 0 Å². The van der Waals surface area contributed by atoms with Crippen molar-refractivity contribution in [1.29, 1.82) is 0 Å². The Morgan fingerprint density at radius 2 is 1.81 bits per heavy atom. The second-order valence-corrected chi connectivity index (χ2v) is 7.11. The van der Waals surface area contributed by atoms with Gasteiger partial charge >= 0.3 is 0 Å². The molecule has 0 atom stereocenters. The molecule has 0 unspecified atom stereocenters. The number of nitrogens with zero attached hydrogens (tertiary/aromatic N) is 1. The predicted molar refractivity (Wildman–Crippen MR) is 82.8 cm³/mol. The van der Waals surface area contributed by atoms with Gasteiger partial charge in [-0.15, -0.1) is 0 Å². The summed E-state index contributed by atoms with van der Waals surface area (Å²) in [6.45, 7) is 6.17. The van der Waals surface area contributed by atoms with Crippen LogP contribution in [0.5, 0.6) is 0 Å². The third-order valence-corrected chi connectivity index (χ3v) is 4.80. The van der Waals surface area contributed by atoms with Crippen LogP contribution in [0.15, 0.2) is 29.3 Å². The molecule has 0 aliphatic rings. The number of H-pyrrole nitrogens is 1. The zero-order chi connectivity index (χ0) is 15.5. The van der Waals surface area contributed by atoms with Crippen LogP contribution in [0.4, 0.5) is 0 Å². The lowest BCUT2D eigenvalue weighted by Crippen LogP contribution is -2.25. The first kappa shape index (κ1) is 15.7. The molecule has 0 aliphatic carbocycles. The standard InChI is InChI=1S/C15H21N3O2S/c1-11-7-12(2)9-15(8-11)21(19,20)17-6-4-5-14-10-16-18-13(14)3/h7-10,17H,4-6H2,1-3H3,(H,16,18). The average molecular weight is 307 g/mol. The molecule has 21 heavy (non-hydrogen) atoms. The molecule has 1 heterocycles. The highest BCUT2D eigenvalue weighted by atomic mass is 32.2. The van der Waals surface area contributed by atoms with Gasteiger partial charge in [-0.2, -0.15) is 5.10 Å². The van der Waals surface area contributed by atoms with Crippen LogP contribution in [-0.4, -0.2) is 25.2 Å². The highest BCUT2D eigenvalue weighted by Gasteiger charge is 2.14. The van der Waals surface area contributed by atoms with Crippen molar-refractivity contribution >= 4 is 10.0 Å². The summed E-state index contributed by atoms with van der Waals surface area (Å²) < 4.78 is 27.1. The molecular formula is C15H21N3O2S. The molecule has 0 fully saturated rings. The van der Waals surface area contributed by atoms with Crippen molar-refractivity contribution in [1.82, 2.24) is 14.9 Å². The maximum absolute atomic E-state index is 12.2. The average Bonchev–Trinajstić information content (AvgIpc) is 2.79. The van der Waals surface area contributed by atoms with Crippen molar-refractivity contribution in [2.75, 3.05) is 6.54 Å². The highest BCUT2D eigenvalue weighted by Crippen LogP contribution is 2.14. The number of nitrogens with one attached hydrogen (secondary N) is 2. The fourth-order valence-electron chi connectivity index (χ4n) is 2.28. The van der Waals surface area contributed by atoms with Gasteiger partial charge in [-0.1, -0.05) is 6.07 Å². The maximum atomic E-state index is 12.2. The van der Waals surface area contributed by atoms with Gasteiger partial charge in [0.05, 0.1) is 11.1 Å². The van der Waals surface area contributed by atoms with Gasteiger partial charge in [-0.05, 0) is 62.4 Å². The van der Waals surface area contributed by atoms with E-state index in [1.165, 1.54) is 0 Å². The Hall–Kier alpha value is -1.66. The molecule has 1 aromatic carbocycles. The van der Waals surface area contributed by atoms with E-state index in [4.69, 9.17) is 0 Å². The van der Waals surface area contributed by atoms with E-state index in [-0.39, 0.29) is 0 Å². The van der Waals surface area contributed by atoms with Gasteiger partial charge < -0.3 is 0 Å². The quantitative estimate of drug-likeness (QED) is 0.804. The number of hydrogen-bond donors (Lipinski definition) is 2. The van der Waals surface area contributed by atoms with Gasteiger partial charge in [0.1, 0.15) is 0 Å². The highest BCUT2D eigenvalue weighted by molar-refractivity contribution is 7.89. The zero-order valence-electron chi connectivity index (χ0n) is 12.6. The number of aromatic nitrogens is 2. The molecule has 0 saturated carbocycles. The molecule has 2 rings (SSSR count). The van der Waals surface area contributed by atoms with Crippen LogP contribution < -0.4 is 4.72 Å². The molecule has 2 N–H and O–H groups in total. The van der Waals surface area contributed by atoms with Crippen LogP contribution >= 0.6 is 0 Å². The molecule has 2 aromatic rings. The summed E-state index contributed by atoms with van der Waals surface area (Å²) >= 11 is 0. The minimum Gasteiger partial charge on any atom is -0.283 e. The molecule has 1 aromatic heterocycles. The van der Waals surface area contributed by atoms with Gasteiger partial charge in [0, 0.05) is 12.2 Å². The van der Waals surface area contributed by atoms with Gasteiger partial charge in [0.25, 0.3) is 0 Å². The minimum absolute atomic E-state index is 0.333. The number of benzene rings is 1. The SMILES string of the molecule is Cc1cc(C)cc(S(=O)(=O)NCCCc2cn[nH]c2C)c1. The first-order chi connectivity index (χ1) is 9.88. The molecule has 0 bridgehead atoms. The molecule has 0 saturated heterocycles. The molecule has 0 spiro atoms. The third kappa shape index (κ3) is 4.15. The van der Waals surface area contributed by atoms with E-state index < -0.39 is 10.0 Å². The van der Waals surface area contributed by atoms with E-state index in [2.05, 4.69) is 14.9 Å². The van der Waals surface area contributed by atoms with Crippen LogP contribution in [0, 0.1) is 20.8 Å². The fourth-order valence-corrected chi connectivity index (χ4v) is 3.55. The lowest BCUT2D eigenvalue weighted by atomic mass is 10.1. The smallest absolute Gasteiger partial charge is 0.240 e. The Kier molecular flexibility index (Phi) is 4.80. The van der Waals surface area contributed by atoms with Crippen molar-refractivity contribution in [3.63, 3.8) is 0 Å². The van der Waals surface area contributed by atoms with E-state index in [0.29, 0.717) is 11.4 Å². The zero-order valence-corrected chi connectivity index (χ0v) is 13.4. The Labute approximate surface area is 125 Å². The number of sulfonamides is 1. The monoisotopic (exact) mass is 307 g/mol. The molecule has 0 aliphatic heterocycles. The van der Waals surface area contributed by atoms with Crippen molar-refractivity contribution in [3.05, 3.63) is 46.8 Å². The van der Waals surface area contributed by atoms with Crippen LogP contribution in [0.1, 0.15) is 28.8 Å². The molecule has 5 nitrogen and oxygen atoms in total. The number of hydrogen-bond acceptors (Lipinski definition) is 3. The van der Waals surface area contributed by atoms with E-state index >= 15 is 0 Å². The molecule has 6 heteroatoms. The Balaban J connectivity index is 1.94. The molecular weight excluding hydrogens is 286 g/mol. The van der Waals surface area contributed by atoms with E-state index in [1.807, 2.05) is 26.8 Å². The Morgan fingerprint density at radius 1 is 1.14 bits per heavy atom. The summed E-state index contributed by atoms with van der Waals surface area (Å²) in [6.07, 6.45) is 3.33. The van der Waals surface area contributed by atoms with Crippen LogP contribution in [0.25, 0.3) is 0 Å². The van der Waals surface area contributed by atoms with Gasteiger partial charge in [-0.3, -0.25) is 5.10 Å². The molecule has 114 valence electrons. The summed E-state index contributed by atoms with van der Waals surface area (Å²) in [7, 11) is -3.43. The summed E-state index contributed by atoms with van der Waals surface area (Å²) in [5, 5.41) is 6.83. The lowest BCUT2D eigenvalue weighted by molar-refractivity contribution is 0.578. The first-order valence-electron chi connectivity index (χ1n) is 6.95. The van der Waals surface area contributed by atoms with Crippen molar-refractivity contribution in [3.8, 4) is 0 Å². The normalized spacial score (nSPS) is 11.8. The van der Waals surface area contributed by atoms with Crippen LogP contribution in [0.2, 0.25) is 0 Å². The summed E-state index contributed by atoms with van der Waals surface area (Å²) in [6, 6.07) is 5.34. The number of aryl methyl sites for hydroxylation is 4. The lowest BCUT2D eigenvalue weighted by Gasteiger charge is -2.08. The van der Waals surface area contributed by atoms with Crippen molar-refractivity contribution < 1.29 is 8.42 Å². The van der Waals surface area contributed by atoms with Gasteiger partial charge in [0.15, 0.2) is 0 Å². The van der Waals surface area contributed by atoms with E-state index in [0.717, 1.165) is 35.2 Å². The van der Waals surface area contributed by atoms with Gasteiger partial charge in [-0.25, -0.2) is 13.1 Å². The van der Waals surface area contributed by atoms with E-state index in [9.17, 15) is 8.42 Å². The van der Waals surface area contributed by atoms with E-state index in [1.54, 1.807) is 18.3 Å². The Morgan fingerprint density at radius 3 is 2.38 bits per heavy atom. The molecule has 0 amide bonds. The largest absolute Gasteiger partial charge is 0.283 e. The van der Waals surface area contributed by atoms with Gasteiger partial charge in [0.2, 0.25) is 10.0 Å². The second-order valence-electron chi connectivity index (χ2n) is 5.34. The summed E-state index contributed by atoms with van der Waals surface area (Å²) in [5.74, 6) is 0. The van der Waals surface area contributed by atoms with Crippen LogP contribution in [-0.2, 0) is 16.4 Å². The van der Waals surface area contributed by atoms with Crippen LogP contribution in [0.3, 0.4) is 0 Å². The van der Waals surface area contributed by atoms with Crippen molar-refractivity contribution in [2.45, 2.75) is 38.5 Å². The topological polar surface area (TPSA) is 74.8 Å². The maximum Gasteiger partial charge on any atom is 0.240 e. The number of aromatic amines is 1. The summed E-state index contributed by atoms with van der Waals surface area (Å²) in [5.41, 5.74) is 4.06. The number of rotatable bonds is 6. The Bertz CT molecular complexity index is 700. The summed E-state index contributed by atoms with van der Waals surface area (Å²) in [4.78, 5) is 0.333. The molecule has 0 radical (unpaired) electrons.